The van der Waals surface area contributed by atoms with Gasteiger partial charge < -0.3 is 59.4 Å². The van der Waals surface area contributed by atoms with E-state index in [4.69, 9.17) is 68.1 Å². The molecule has 0 N–H and O–H groups in total. The Morgan fingerprint density at radius 1 is 0.273 bits per heavy atom. The van der Waals surface area contributed by atoms with Crippen LogP contribution in [0.4, 0.5) is 0 Å². The second kappa shape index (κ2) is 66.2. The van der Waals surface area contributed by atoms with Crippen molar-refractivity contribution in [3.05, 3.63) is 410 Å². The zero-order valence-corrected chi connectivity index (χ0v) is 112. The number of allylic oxidation sites excluding steroid dienone is 36. The number of unbranched alkanes of at least 4 members (excludes halogenated alkanes) is 2. The van der Waals surface area contributed by atoms with Gasteiger partial charge in [-0.15, -0.1) is 26.3 Å². The maximum absolute atomic E-state index is 4.93. The topological polar surface area (TPSA) is 0 Å². The van der Waals surface area contributed by atoms with Crippen molar-refractivity contribution in [2.45, 2.75) is 268 Å². The van der Waals surface area contributed by atoms with Crippen LogP contribution in [0.5, 0.6) is 0 Å². The molecule has 3 aromatic rings. The first-order chi connectivity index (χ1) is 68.3. The fourth-order valence-electron chi connectivity index (χ4n) is 32.0. The summed E-state index contributed by atoms with van der Waals surface area (Å²) < 4.78 is 0. The van der Waals surface area contributed by atoms with Crippen LogP contribution < -0.4 is 0 Å². The van der Waals surface area contributed by atoms with Crippen molar-refractivity contribution in [3.63, 3.8) is 0 Å². The van der Waals surface area contributed by atoms with Crippen molar-refractivity contribution in [3.8, 4) is 0 Å². The molecule has 0 nitrogen and oxygen atoms in total. The van der Waals surface area contributed by atoms with Crippen LogP contribution in [0.15, 0.2) is 334 Å². The second-order valence-corrected chi connectivity index (χ2v) is 63.8. The van der Waals surface area contributed by atoms with E-state index in [-0.39, 0.29) is 86.5 Å². The maximum atomic E-state index is 4.93. The minimum atomic E-state index is -0.826. The molecule has 0 aromatic heterocycles. The third kappa shape index (κ3) is 32.5. The fraction of sp³-hybridized carbons (Fsp3) is 0.522. The Balaban J connectivity index is 0.000000403. The molecule has 8 fully saturated rings. The van der Waals surface area contributed by atoms with Crippen LogP contribution in [0.1, 0.15) is 274 Å². The van der Waals surface area contributed by atoms with Gasteiger partial charge in [0.15, 0.2) is 0 Å². The minimum absolute atomic E-state index is 0. The summed E-state index contributed by atoms with van der Waals surface area (Å²) in [6, 6.07) is 35.2. The van der Waals surface area contributed by atoms with Gasteiger partial charge in [-0.3, -0.25) is 0 Å². The van der Waals surface area contributed by atoms with E-state index >= 15 is 0 Å². The molecule has 0 radical (unpaired) electrons. The molecular formula is C138H196Cl8Zr4. The monoisotopic (exact) mass is 2490 g/mol. The van der Waals surface area contributed by atoms with E-state index in [1.54, 1.807) is 11.1 Å². The van der Waals surface area contributed by atoms with Crippen LogP contribution >= 0.6 is 68.1 Å². The van der Waals surface area contributed by atoms with Gasteiger partial charge in [0.05, 0.1) is 0 Å². The molecule has 0 heterocycles. The van der Waals surface area contributed by atoms with E-state index in [0.29, 0.717) is 117 Å². The number of halogens is 8. The van der Waals surface area contributed by atoms with Gasteiger partial charge in [0.1, 0.15) is 0 Å². The molecule has 0 amide bonds. The molecule has 0 aliphatic heterocycles. The Bertz CT molecular complexity index is 4860. The van der Waals surface area contributed by atoms with Crippen molar-refractivity contribution in [2.75, 3.05) is 0 Å². The Morgan fingerprint density at radius 3 is 0.867 bits per heavy atom. The molecule has 16 aliphatic carbocycles. The first-order valence-electron chi connectivity index (χ1n) is 54.7. The third-order valence-corrected chi connectivity index (χ3v) is 38.3. The number of fused-ring (bicyclic) bond motifs is 12. The van der Waals surface area contributed by atoms with E-state index in [1.807, 2.05) is 0 Å². The van der Waals surface area contributed by atoms with Crippen LogP contribution in [-0.4, -0.2) is 0 Å². The molecule has 0 bridgehead atoms. The average Bonchev–Trinajstić information content (AvgIpc) is 1.53. The molecule has 0 spiro atoms. The first kappa shape index (κ1) is 141. The van der Waals surface area contributed by atoms with Crippen LogP contribution in [0, 0.1) is 240 Å². The van der Waals surface area contributed by atoms with Crippen molar-refractivity contribution in [1.29, 1.82) is 0 Å². The first-order valence-corrected chi connectivity index (χ1v) is 80.1. The van der Waals surface area contributed by atoms with Gasteiger partial charge in [-0.1, -0.05) is 420 Å². The predicted molar refractivity (Wildman–Crippen MR) is 659 cm³/mol. The van der Waals surface area contributed by atoms with Gasteiger partial charge >= 0.3 is 151 Å². The summed E-state index contributed by atoms with van der Waals surface area (Å²) in [5, 5.41) is 0. The summed E-state index contributed by atoms with van der Waals surface area (Å²) in [5.41, 5.74) is 12.5. The van der Waals surface area contributed by atoms with Crippen molar-refractivity contribution >= 4 is 68.1 Å². The van der Waals surface area contributed by atoms with E-state index in [1.165, 1.54) is 169 Å². The number of rotatable bonds is 26. The Labute approximate surface area is 998 Å². The number of hydrogen-bond donors (Lipinski definition) is 0. The molecule has 22 unspecified atom stereocenters. The summed E-state index contributed by atoms with van der Waals surface area (Å²) >= 11 is -3.30. The molecule has 3 aromatic carbocycles. The van der Waals surface area contributed by atoms with Crippen molar-refractivity contribution in [2.24, 2.45) is 180 Å². The van der Waals surface area contributed by atoms with Gasteiger partial charge in [-0.25, -0.2) is 0 Å². The Hall–Kier alpha value is -1.69. The predicted octanol–water partition coefficient (Wildman–Crippen LogP) is 44.7. The quantitative estimate of drug-likeness (QED) is 0.0427. The van der Waals surface area contributed by atoms with Crippen LogP contribution in [0.3, 0.4) is 0 Å². The van der Waals surface area contributed by atoms with Crippen LogP contribution in [0.2, 0.25) is 0 Å². The van der Waals surface area contributed by atoms with Gasteiger partial charge in [-0.2, -0.15) is 0 Å². The molecule has 22 atom stereocenters. The van der Waals surface area contributed by atoms with Crippen LogP contribution in [-0.2, 0) is 94.2 Å². The molecule has 8 saturated carbocycles. The summed E-state index contributed by atoms with van der Waals surface area (Å²) in [5.74, 6) is 16.7. The summed E-state index contributed by atoms with van der Waals surface area (Å²) in [6.07, 6.45) is 112. The molecule has 150 heavy (non-hydrogen) atoms. The fourth-order valence-corrected chi connectivity index (χ4v) is 32.0. The van der Waals surface area contributed by atoms with E-state index < -0.39 is 83.4 Å². The second-order valence-electron chi connectivity index (χ2n) is 48.8. The zero-order chi connectivity index (χ0) is 102. The van der Waals surface area contributed by atoms with Crippen LogP contribution in [0.25, 0.3) is 0 Å². The zero-order valence-electron chi connectivity index (χ0n) is 96.6. The molecule has 0 saturated heterocycles. The average molecular weight is 2500 g/mol. The number of benzene rings is 3. The standard InChI is InChI=1S/C46H60.C30H44.C29H34.C25H34.8CH3.8ClH.4Zr/c1-10-11-28-45(8,9)36-22-23-37(29-36)46(32-18-14-12-15-19-32,33-20-16-13-17-21-33)42-40-30-34(43(2,3)4)24-26-38(40)39-27-25-35(31-41(39)42)44(5,6)7;1-7-8-11-18-30(6,22-12-9-10-13-22)28-26-19-21(2)14-16-24(26)25-17-15-23(20-27(25)28)29(3,4)5;1-2-3-21-29(23-15-7-8-16-23,22-13-5-4-6-14-22)28-26-19-11-9-17-24(26)25-18-10-12-20-27(25)28;1-3-4-11-18-25(2,19-12-5-6-13-19)24-22-16-9-7-14-20(22)21-15-8-10-17-23(21)24;;;;;;;;;;;;;;;;;;;;/h10,12-21,24-27,30-31,36-42H,1,11,22-23,28-29H2,2-9H3;7,14-17,19-20,22,24-28H,1,8-13,18H2,2-6H3;2,4-6,9-14,17-20,23-28H,1,3,7-8,15-16,21H2;3,7-10,14-17,19-24H,1,4-6,11-13,18H2,2H3;8*1H3;8*1H;;;;/q;;;;8*-1;;;;;;;;;4*+4/p-8. The van der Waals surface area contributed by atoms with E-state index in [2.05, 4.69) is 409 Å². The Morgan fingerprint density at radius 2 is 0.540 bits per heavy atom. The van der Waals surface area contributed by atoms with Crippen molar-refractivity contribution in [1.82, 2.24) is 0 Å². The van der Waals surface area contributed by atoms with Gasteiger partial charge in [0.2, 0.25) is 0 Å². The van der Waals surface area contributed by atoms with E-state index in [0.717, 1.165) is 66.6 Å². The molecule has 19 rings (SSSR count). The molecule has 12 heteroatoms. The summed E-state index contributed by atoms with van der Waals surface area (Å²) in [4.78, 5) is 0. The summed E-state index contributed by atoms with van der Waals surface area (Å²) in [7, 11) is 39.5. The molecular weight excluding hydrogens is 2310 g/mol. The third-order valence-electron chi connectivity index (χ3n) is 38.3. The summed E-state index contributed by atoms with van der Waals surface area (Å²) in [6.45, 7) is 50.4. The Kier molecular flexibility index (Phi) is 62.0. The van der Waals surface area contributed by atoms with Gasteiger partial charge in [0.25, 0.3) is 0 Å². The van der Waals surface area contributed by atoms with Gasteiger partial charge in [0, 0.05) is 10.8 Å². The SMILES string of the molecule is C=CCCC(C)(C)C1CCC(C(c2ccccc2)(c2ccccc2)C2C3C=C(C(C)(C)C)C=CC3C3C=CC(C(C)(C)C)=CC32)C1.C=CCCC(c1ccccc1)(C1CCCC1)C1C2C=CC=CC2C2C=CC=CC21.C=CCCCC(C)(C1CCCC1)C1C2C=C(C)C=CC2C2C=CC(C(C)(C)C)=CC21.C=CCCCC(C)(C1CCCC1)C1C2C=CC=CC2C2C=CC=CC21.[CH3-].[CH3-].[CH3-].[CH3-].[CH3-].[CH3-].[CH3-].[CH3-].[Cl][Zr+2][Cl].[Cl][Zr+2][Cl].[Cl][Zr+2][Cl].[Cl][Zr+2][Cl]. The molecule has 16 aliphatic rings. The normalized spacial score (nSPS) is 29.6. The molecule has 820 valence electrons. The van der Waals surface area contributed by atoms with E-state index in [9.17, 15) is 0 Å². The number of hydrogen-bond acceptors (Lipinski definition) is 0. The van der Waals surface area contributed by atoms with Crippen molar-refractivity contribution < 1.29 is 83.4 Å². The van der Waals surface area contributed by atoms with Gasteiger partial charge in [-0.05, 0) is 343 Å².